The number of nitrogens with one attached hydrogen (secondary N) is 1. The number of halogens is 8. The topological polar surface area (TPSA) is 107 Å². The molecule has 17 heteroatoms. The molecule has 0 spiro atoms. The molecule has 1 fully saturated rings. The van der Waals surface area contributed by atoms with Gasteiger partial charge in [-0.05, 0) is 24.6 Å². The smallest absolute Gasteiger partial charge is 0.451 e. The van der Waals surface area contributed by atoms with E-state index in [9.17, 15) is 44.5 Å². The van der Waals surface area contributed by atoms with Crippen molar-refractivity contribution in [3.8, 4) is 11.3 Å². The van der Waals surface area contributed by atoms with Gasteiger partial charge in [-0.25, -0.2) is 19.3 Å². The molecule has 0 aromatic carbocycles. The second kappa shape index (κ2) is 11.2. The third-order valence-electron chi connectivity index (χ3n) is 6.03. The molecular weight excluding hydrogens is 576 g/mol. The third kappa shape index (κ3) is 6.31. The number of amides is 1. The molecule has 8 nitrogen and oxygen atoms in total. The quantitative estimate of drug-likeness (QED) is 0.258. The first kappa shape index (κ1) is 29.5. The van der Waals surface area contributed by atoms with Crippen LogP contribution in [0.5, 0.6) is 0 Å². The summed E-state index contributed by atoms with van der Waals surface area (Å²) in [4.78, 5) is 26.3. The second-order valence-corrected chi connectivity index (χ2v) is 10.1. The maximum absolute atomic E-state index is 14.6. The SMILES string of the molecule is C[C@H]1[C@H](F)C[C@@H](C(=O)NCc2cc(-c3cnc(C(F)(F)F)nc3)ncc2C(F)(F)F)N1[S+]([O-])c1ccc(F)nc1. The number of nitrogens with zero attached hydrogens (tertiary/aromatic N) is 5. The first-order chi connectivity index (χ1) is 18.7. The van der Waals surface area contributed by atoms with E-state index >= 15 is 0 Å². The molecule has 0 saturated carbocycles. The number of aromatic nitrogens is 4. The number of hydrogen-bond acceptors (Lipinski definition) is 7. The van der Waals surface area contributed by atoms with Crippen LogP contribution < -0.4 is 5.32 Å². The molecule has 1 unspecified atom stereocenters. The Morgan fingerprint density at radius 2 is 1.73 bits per heavy atom. The lowest BCUT2D eigenvalue weighted by Gasteiger charge is -2.27. The van der Waals surface area contributed by atoms with Crippen molar-refractivity contribution in [3.05, 3.63) is 65.9 Å². The molecule has 40 heavy (non-hydrogen) atoms. The highest BCUT2D eigenvalue weighted by atomic mass is 32.2. The summed E-state index contributed by atoms with van der Waals surface area (Å²) in [7, 11) is 0. The van der Waals surface area contributed by atoms with Crippen LogP contribution in [-0.4, -0.2) is 53.0 Å². The van der Waals surface area contributed by atoms with Crippen LogP contribution >= 0.6 is 0 Å². The van der Waals surface area contributed by atoms with Crippen molar-refractivity contribution in [2.45, 2.75) is 55.4 Å². The van der Waals surface area contributed by atoms with Gasteiger partial charge in [0.25, 0.3) is 0 Å². The fraction of sp³-hybridized carbons (Fsp3) is 0.348. The average molecular weight is 594 g/mol. The van der Waals surface area contributed by atoms with Crippen molar-refractivity contribution >= 4 is 17.3 Å². The van der Waals surface area contributed by atoms with Crippen molar-refractivity contribution in [1.82, 2.24) is 29.6 Å². The summed E-state index contributed by atoms with van der Waals surface area (Å²) in [6, 6.07) is 0.599. The number of pyridine rings is 2. The van der Waals surface area contributed by atoms with Gasteiger partial charge in [-0.1, -0.05) is 0 Å². The lowest BCUT2D eigenvalue weighted by atomic mass is 10.1. The van der Waals surface area contributed by atoms with Gasteiger partial charge in [0.05, 0.1) is 34.9 Å². The van der Waals surface area contributed by atoms with Crippen LogP contribution in [-0.2, 0) is 35.1 Å². The number of carbonyl (C=O) groups excluding carboxylic acids is 1. The van der Waals surface area contributed by atoms with Gasteiger partial charge in [0.1, 0.15) is 12.2 Å². The van der Waals surface area contributed by atoms with Crippen molar-refractivity contribution in [2.75, 3.05) is 0 Å². The molecule has 3 aromatic heterocycles. The molecule has 4 rings (SSSR count). The molecule has 0 aliphatic carbocycles. The van der Waals surface area contributed by atoms with Crippen LogP contribution in [0.2, 0.25) is 0 Å². The molecule has 1 saturated heterocycles. The maximum atomic E-state index is 14.6. The minimum absolute atomic E-state index is 0.0166. The van der Waals surface area contributed by atoms with Crippen LogP contribution in [0.15, 0.2) is 47.9 Å². The highest BCUT2D eigenvalue weighted by molar-refractivity contribution is 7.89. The van der Waals surface area contributed by atoms with E-state index in [-0.39, 0.29) is 16.2 Å². The summed E-state index contributed by atoms with van der Waals surface area (Å²) in [5.74, 6) is -3.24. The largest absolute Gasteiger partial charge is 0.593 e. The number of rotatable bonds is 6. The maximum Gasteiger partial charge on any atom is 0.451 e. The number of alkyl halides is 7. The Hall–Kier alpha value is -3.44. The summed E-state index contributed by atoms with van der Waals surface area (Å²) >= 11 is -2.15. The van der Waals surface area contributed by atoms with E-state index in [4.69, 9.17) is 0 Å². The molecule has 0 bridgehead atoms. The molecule has 214 valence electrons. The minimum atomic E-state index is -4.91. The Kier molecular flexibility index (Phi) is 8.28. The molecule has 1 aliphatic heterocycles. The number of carbonyl (C=O) groups is 1. The van der Waals surface area contributed by atoms with Gasteiger partial charge in [-0.3, -0.25) is 9.78 Å². The van der Waals surface area contributed by atoms with Crippen LogP contribution in [0.3, 0.4) is 0 Å². The monoisotopic (exact) mass is 594 g/mol. The van der Waals surface area contributed by atoms with Crippen LogP contribution in [0.4, 0.5) is 35.1 Å². The van der Waals surface area contributed by atoms with E-state index in [2.05, 4.69) is 25.3 Å². The van der Waals surface area contributed by atoms with E-state index in [0.717, 1.165) is 41.1 Å². The minimum Gasteiger partial charge on any atom is -0.593 e. The van der Waals surface area contributed by atoms with Gasteiger partial charge < -0.3 is 9.87 Å². The standard InChI is InChI=1S/C23H18F8N6O2S/c1-11-16(24)5-18(37(11)40(39)14-2-3-19(25)33-9-14)20(38)34-6-12-4-17(32-10-15(12)22(26,27)28)13-7-35-21(36-8-13)23(29,30)31/h2-4,7-11,16,18H,5-6H2,1H3,(H,34,38)/t11-,16+,18-,40?/m0/s1. The second-order valence-electron chi connectivity index (χ2n) is 8.67. The van der Waals surface area contributed by atoms with E-state index < -0.39 is 83.7 Å². The van der Waals surface area contributed by atoms with Gasteiger partial charge >= 0.3 is 12.4 Å². The lowest BCUT2D eigenvalue weighted by Crippen LogP contribution is -2.48. The van der Waals surface area contributed by atoms with Gasteiger partial charge in [0.2, 0.25) is 17.7 Å². The van der Waals surface area contributed by atoms with Crippen molar-refractivity contribution in [1.29, 1.82) is 0 Å². The van der Waals surface area contributed by atoms with Crippen molar-refractivity contribution in [2.24, 2.45) is 0 Å². The van der Waals surface area contributed by atoms with E-state index in [1.807, 2.05) is 0 Å². The Morgan fingerprint density at radius 1 is 1.05 bits per heavy atom. The summed E-state index contributed by atoms with van der Waals surface area (Å²) in [5.41, 5.74) is -2.04. The third-order valence-corrected chi connectivity index (χ3v) is 7.64. The molecule has 4 heterocycles. The normalized spacial score (nSPS) is 20.9. The van der Waals surface area contributed by atoms with Gasteiger partial charge in [0.15, 0.2) is 4.90 Å². The Bertz CT molecular complexity index is 1360. The zero-order chi connectivity index (χ0) is 29.4. The molecule has 0 radical (unpaired) electrons. The highest BCUT2D eigenvalue weighted by Crippen LogP contribution is 2.35. The van der Waals surface area contributed by atoms with Crippen LogP contribution in [0.25, 0.3) is 11.3 Å². The molecule has 1 aliphatic rings. The molecular formula is C23H18F8N6O2S. The molecule has 3 aromatic rings. The van der Waals surface area contributed by atoms with Crippen LogP contribution in [0, 0.1) is 5.95 Å². The van der Waals surface area contributed by atoms with E-state index in [1.54, 1.807) is 0 Å². The predicted octanol–water partition coefficient (Wildman–Crippen LogP) is 4.25. The molecule has 1 N–H and O–H groups in total. The number of hydrogen-bond donors (Lipinski definition) is 1. The first-order valence-corrected chi connectivity index (χ1v) is 12.5. The van der Waals surface area contributed by atoms with Gasteiger partial charge in [-0.15, -0.1) is 4.31 Å². The van der Waals surface area contributed by atoms with Gasteiger partial charge in [0, 0.05) is 43.2 Å². The summed E-state index contributed by atoms with van der Waals surface area (Å²) in [5, 5.41) is 2.28. The van der Waals surface area contributed by atoms with Crippen molar-refractivity contribution < 1.29 is 44.5 Å². The zero-order valence-corrected chi connectivity index (χ0v) is 21.0. The highest BCUT2D eigenvalue weighted by Gasteiger charge is 2.50. The Balaban J connectivity index is 1.57. The molecule has 4 atom stereocenters. The summed E-state index contributed by atoms with van der Waals surface area (Å²) < 4.78 is 121. The Labute approximate surface area is 224 Å². The summed E-state index contributed by atoms with van der Waals surface area (Å²) in [6.07, 6.45) is -8.86. The Morgan fingerprint density at radius 3 is 2.30 bits per heavy atom. The molecule has 1 amide bonds. The van der Waals surface area contributed by atoms with Crippen molar-refractivity contribution in [3.63, 3.8) is 0 Å². The van der Waals surface area contributed by atoms with E-state index in [0.29, 0.717) is 6.20 Å². The first-order valence-electron chi connectivity index (χ1n) is 11.4. The average Bonchev–Trinajstić information content (AvgIpc) is 3.20. The van der Waals surface area contributed by atoms with E-state index in [1.165, 1.54) is 6.92 Å². The zero-order valence-electron chi connectivity index (χ0n) is 20.2. The lowest BCUT2D eigenvalue weighted by molar-refractivity contribution is -0.145. The predicted molar refractivity (Wildman–Crippen MR) is 122 cm³/mol. The van der Waals surface area contributed by atoms with Gasteiger partial charge in [-0.2, -0.15) is 30.7 Å². The fourth-order valence-corrected chi connectivity index (χ4v) is 5.41. The van der Waals surface area contributed by atoms with Crippen LogP contribution in [0.1, 0.15) is 30.3 Å². The summed E-state index contributed by atoms with van der Waals surface area (Å²) in [6.45, 7) is 0.640. The fourth-order valence-electron chi connectivity index (χ4n) is 4.00.